The van der Waals surface area contributed by atoms with Gasteiger partial charge in [-0.1, -0.05) is 6.07 Å². The number of ether oxygens (including phenoxy) is 1. The van der Waals surface area contributed by atoms with Crippen molar-refractivity contribution in [2.75, 3.05) is 13.2 Å². The van der Waals surface area contributed by atoms with Gasteiger partial charge >= 0.3 is 0 Å². The van der Waals surface area contributed by atoms with Crippen LogP contribution >= 0.6 is 11.6 Å². The second-order valence-electron chi connectivity index (χ2n) is 4.93. The summed E-state index contributed by atoms with van der Waals surface area (Å²) in [6.07, 6.45) is 2.02. The standard InChI is InChI=1S/C14H16ClFN2O/c1-9(15)14-17-13-11(16)5-2-6-12(13)18(14)10-4-3-7-19-8-10/h2,5-6,9-10H,3-4,7-8H2,1H3. The molecule has 0 radical (unpaired) electrons. The Labute approximate surface area is 116 Å². The maximum absolute atomic E-state index is 13.9. The fourth-order valence-electron chi connectivity index (χ4n) is 2.69. The summed E-state index contributed by atoms with van der Waals surface area (Å²) in [6.45, 7) is 3.29. The highest BCUT2D eigenvalue weighted by atomic mass is 35.5. The lowest BCUT2D eigenvalue weighted by molar-refractivity contribution is 0.0595. The number of aromatic nitrogens is 2. The van der Waals surface area contributed by atoms with E-state index in [2.05, 4.69) is 9.55 Å². The Hall–Kier alpha value is -1.13. The third-order valence-electron chi connectivity index (χ3n) is 3.56. The fraction of sp³-hybridized carbons (Fsp3) is 0.500. The van der Waals surface area contributed by atoms with E-state index in [9.17, 15) is 4.39 Å². The molecule has 1 aliphatic rings. The Morgan fingerprint density at radius 2 is 2.37 bits per heavy atom. The van der Waals surface area contributed by atoms with Crippen LogP contribution in [-0.4, -0.2) is 22.8 Å². The molecule has 0 N–H and O–H groups in total. The summed E-state index contributed by atoms with van der Waals surface area (Å²) in [5, 5.41) is -0.256. The van der Waals surface area contributed by atoms with E-state index < -0.39 is 0 Å². The Morgan fingerprint density at radius 1 is 1.53 bits per heavy atom. The van der Waals surface area contributed by atoms with Gasteiger partial charge in [0, 0.05) is 6.61 Å². The molecular formula is C14H16ClFN2O. The lowest BCUT2D eigenvalue weighted by Crippen LogP contribution is -2.23. The van der Waals surface area contributed by atoms with Crippen molar-refractivity contribution in [2.24, 2.45) is 0 Å². The Morgan fingerprint density at radius 3 is 3.05 bits per heavy atom. The molecule has 1 aromatic carbocycles. The molecule has 2 unspecified atom stereocenters. The summed E-state index contributed by atoms with van der Waals surface area (Å²) < 4.78 is 21.4. The van der Waals surface area contributed by atoms with Crippen LogP contribution < -0.4 is 0 Å². The van der Waals surface area contributed by atoms with Crippen molar-refractivity contribution < 1.29 is 9.13 Å². The van der Waals surface area contributed by atoms with Gasteiger partial charge in [0.05, 0.1) is 23.5 Å². The predicted molar refractivity (Wildman–Crippen MR) is 73.0 cm³/mol. The van der Waals surface area contributed by atoms with E-state index >= 15 is 0 Å². The summed E-state index contributed by atoms with van der Waals surface area (Å²) in [7, 11) is 0. The second-order valence-corrected chi connectivity index (χ2v) is 5.59. The van der Waals surface area contributed by atoms with Gasteiger partial charge in [-0.15, -0.1) is 11.6 Å². The summed E-state index contributed by atoms with van der Waals surface area (Å²) in [5.74, 6) is 0.420. The van der Waals surface area contributed by atoms with Gasteiger partial charge in [-0.05, 0) is 31.9 Å². The van der Waals surface area contributed by atoms with Crippen molar-refractivity contribution in [3.05, 3.63) is 29.8 Å². The zero-order valence-corrected chi connectivity index (χ0v) is 11.5. The van der Waals surface area contributed by atoms with Crippen LogP contribution in [0.3, 0.4) is 0 Å². The minimum atomic E-state index is -0.299. The highest BCUT2D eigenvalue weighted by Gasteiger charge is 2.24. The molecule has 1 aliphatic heterocycles. The highest BCUT2D eigenvalue weighted by Crippen LogP contribution is 2.32. The molecule has 2 heterocycles. The Bertz CT molecular complexity index is 590. The van der Waals surface area contributed by atoms with Crippen molar-refractivity contribution in [1.82, 2.24) is 9.55 Å². The second kappa shape index (κ2) is 5.10. The molecule has 102 valence electrons. The number of nitrogens with zero attached hydrogens (tertiary/aromatic N) is 2. The number of hydrogen-bond donors (Lipinski definition) is 0. The van der Waals surface area contributed by atoms with E-state index in [1.165, 1.54) is 6.07 Å². The van der Waals surface area contributed by atoms with Gasteiger partial charge in [0.25, 0.3) is 0 Å². The summed E-state index contributed by atoms with van der Waals surface area (Å²) >= 11 is 6.20. The van der Waals surface area contributed by atoms with E-state index in [1.54, 1.807) is 6.07 Å². The van der Waals surface area contributed by atoms with Crippen LogP contribution in [0.2, 0.25) is 0 Å². The van der Waals surface area contributed by atoms with Crippen molar-refractivity contribution in [1.29, 1.82) is 0 Å². The van der Waals surface area contributed by atoms with Crippen LogP contribution in [0.15, 0.2) is 18.2 Å². The monoisotopic (exact) mass is 282 g/mol. The molecule has 19 heavy (non-hydrogen) atoms. The number of benzene rings is 1. The molecule has 1 fully saturated rings. The van der Waals surface area contributed by atoms with Crippen molar-refractivity contribution in [2.45, 2.75) is 31.2 Å². The van der Waals surface area contributed by atoms with Crippen molar-refractivity contribution in [3.63, 3.8) is 0 Å². The molecule has 0 saturated carbocycles. The molecular weight excluding hydrogens is 267 g/mol. The summed E-state index contributed by atoms with van der Waals surface area (Å²) in [5.41, 5.74) is 1.20. The maximum Gasteiger partial charge on any atom is 0.151 e. The van der Waals surface area contributed by atoms with Gasteiger partial charge in [0.15, 0.2) is 5.82 Å². The SMILES string of the molecule is CC(Cl)c1nc2c(F)cccc2n1C1CCCOC1. The number of rotatable bonds is 2. The first-order valence-corrected chi connectivity index (χ1v) is 7.00. The lowest BCUT2D eigenvalue weighted by Gasteiger charge is -2.26. The van der Waals surface area contributed by atoms with Crippen LogP contribution in [0.1, 0.15) is 37.0 Å². The third kappa shape index (κ3) is 2.23. The molecule has 2 atom stereocenters. The third-order valence-corrected chi connectivity index (χ3v) is 3.75. The van der Waals surface area contributed by atoms with Crippen LogP contribution in [0.4, 0.5) is 4.39 Å². The lowest BCUT2D eigenvalue weighted by atomic mass is 10.1. The van der Waals surface area contributed by atoms with E-state index in [4.69, 9.17) is 16.3 Å². The van der Waals surface area contributed by atoms with Crippen LogP contribution in [0.25, 0.3) is 11.0 Å². The van der Waals surface area contributed by atoms with E-state index in [0.29, 0.717) is 12.1 Å². The first kappa shape index (κ1) is 12.9. The highest BCUT2D eigenvalue weighted by molar-refractivity contribution is 6.20. The normalized spacial score (nSPS) is 21.7. The van der Waals surface area contributed by atoms with Gasteiger partial charge < -0.3 is 9.30 Å². The van der Waals surface area contributed by atoms with Gasteiger partial charge in [0.2, 0.25) is 0 Å². The van der Waals surface area contributed by atoms with E-state index in [0.717, 1.165) is 30.8 Å². The van der Waals surface area contributed by atoms with Crippen LogP contribution in [0, 0.1) is 5.82 Å². The smallest absolute Gasteiger partial charge is 0.151 e. The van der Waals surface area contributed by atoms with Crippen molar-refractivity contribution >= 4 is 22.6 Å². The minimum absolute atomic E-state index is 0.191. The molecule has 3 nitrogen and oxygen atoms in total. The van der Waals surface area contributed by atoms with Gasteiger partial charge in [-0.3, -0.25) is 0 Å². The first-order valence-electron chi connectivity index (χ1n) is 6.56. The minimum Gasteiger partial charge on any atom is -0.379 e. The van der Waals surface area contributed by atoms with Gasteiger partial charge in [0.1, 0.15) is 11.3 Å². The molecule has 3 rings (SSSR count). The molecule has 1 aromatic heterocycles. The molecule has 0 amide bonds. The molecule has 1 saturated heterocycles. The molecule has 0 bridgehead atoms. The Balaban J connectivity index is 2.18. The zero-order valence-electron chi connectivity index (χ0n) is 10.8. The number of hydrogen-bond acceptors (Lipinski definition) is 2. The Kier molecular flexibility index (Phi) is 3.46. The van der Waals surface area contributed by atoms with Gasteiger partial charge in [-0.2, -0.15) is 0 Å². The maximum atomic E-state index is 13.9. The first-order chi connectivity index (χ1) is 9.18. The summed E-state index contributed by atoms with van der Waals surface area (Å²) in [4.78, 5) is 4.39. The number of para-hydroxylation sites is 1. The average Bonchev–Trinajstić information content (AvgIpc) is 2.81. The predicted octanol–water partition coefficient (Wildman–Crippen LogP) is 3.83. The van der Waals surface area contributed by atoms with Crippen LogP contribution in [0.5, 0.6) is 0 Å². The quantitative estimate of drug-likeness (QED) is 0.783. The number of fused-ring (bicyclic) bond motifs is 1. The van der Waals surface area contributed by atoms with E-state index in [1.807, 2.05) is 13.0 Å². The molecule has 2 aromatic rings. The number of alkyl halides is 1. The average molecular weight is 283 g/mol. The molecule has 0 spiro atoms. The largest absolute Gasteiger partial charge is 0.379 e. The zero-order chi connectivity index (χ0) is 13.4. The summed E-state index contributed by atoms with van der Waals surface area (Å²) in [6, 6.07) is 5.22. The topological polar surface area (TPSA) is 27.1 Å². The van der Waals surface area contributed by atoms with Crippen LogP contribution in [-0.2, 0) is 4.74 Å². The van der Waals surface area contributed by atoms with E-state index in [-0.39, 0.29) is 17.2 Å². The van der Waals surface area contributed by atoms with Crippen molar-refractivity contribution in [3.8, 4) is 0 Å². The fourth-order valence-corrected chi connectivity index (χ4v) is 2.85. The number of halogens is 2. The molecule has 5 heteroatoms. The number of imidazole rings is 1. The molecule has 0 aliphatic carbocycles. The van der Waals surface area contributed by atoms with Gasteiger partial charge in [-0.25, -0.2) is 9.37 Å².